The molecule has 0 N–H and O–H groups in total. The summed E-state index contributed by atoms with van der Waals surface area (Å²) in [5.41, 5.74) is 0. The van der Waals surface area contributed by atoms with Crippen LogP contribution in [0.1, 0.15) is 124 Å². The van der Waals surface area contributed by atoms with Crippen LogP contribution in [0.25, 0.3) is 0 Å². The third-order valence-corrected chi connectivity index (χ3v) is 5.22. The maximum absolute atomic E-state index is 6.05. The van der Waals surface area contributed by atoms with E-state index in [1.54, 1.807) is 6.26 Å². The maximum atomic E-state index is 6.05. The van der Waals surface area contributed by atoms with Gasteiger partial charge in [0.2, 0.25) is 0 Å². The Bertz CT molecular complexity index is 313. The zero-order valence-electron chi connectivity index (χ0n) is 20.5. The van der Waals surface area contributed by atoms with E-state index in [2.05, 4.69) is 13.8 Å². The highest BCUT2D eigenvalue weighted by atomic mass is 16.7. The number of rotatable bonds is 25. The zero-order valence-corrected chi connectivity index (χ0v) is 20.5. The van der Waals surface area contributed by atoms with Crippen molar-refractivity contribution in [3.05, 3.63) is 12.3 Å². The molecule has 4 nitrogen and oxygen atoms in total. The van der Waals surface area contributed by atoms with Crippen molar-refractivity contribution >= 4 is 0 Å². The first-order valence-electron chi connectivity index (χ1n) is 12.9. The predicted molar refractivity (Wildman–Crippen MR) is 128 cm³/mol. The molecule has 0 aliphatic carbocycles. The highest BCUT2D eigenvalue weighted by Crippen LogP contribution is 2.12. The third kappa shape index (κ3) is 23.7. The van der Waals surface area contributed by atoms with E-state index in [-0.39, 0.29) is 6.29 Å². The first kappa shape index (κ1) is 29.4. The van der Waals surface area contributed by atoms with Crippen LogP contribution in [0.3, 0.4) is 0 Å². The van der Waals surface area contributed by atoms with Crippen molar-refractivity contribution in [1.82, 2.24) is 0 Å². The molecule has 30 heavy (non-hydrogen) atoms. The quantitative estimate of drug-likeness (QED) is 0.0835. The summed E-state index contributed by atoms with van der Waals surface area (Å²) >= 11 is 0. The van der Waals surface area contributed by atoms with Gasteiger partial charge in [-0.2, -0.15) is 0 Å². The highest BCUT2D eigenvalue weighted by Gasteiger charge is 2.08. The average molecular weight is 429 g/mol. The van der Waals surface area contributed by atoms with Crippen molar-refractivity contribution < 1.29 is 18.9 Å². The molecule has 0 aliphatic rings. The van der Waals surface area contributed by atoms with Crippen LogP contribution in [-0.2, 0) is 18.9 Å². The Balaban J connectivity index is 3.89. The molecular weight excluding hydrogens is 376 g/mol. The van der Waals surface area contributed by atoms with Gasteiger partial charge >= 0.3 is 0 Å². The summed E-state index contributed by atoms with van der Waals surface area (Å²) in [5, 5.41) is 0. The first-order chi connectivity index (χ1) is 14.8. The molecule has 0 amide bonds. The van der Waals surface area contributed by atoms with Crippen molar-refractivity contribution in [1.29, 1.82) is 0 Å². The Labute approximate surface area is 188 Å². The smallest absolute Gasteiger partial charge is 0.188 e. The Morgan fingerprint density at radius 3 is 1.63 bits per heavy atom. The van der Waals surface area contributed by atoms with E-state index in [9.17, 15) is 0 Å². The van der Waals surface area contributed by atoms with Crippen molar-refractivity contribution in [2.45, 2.75) is 130 Å². The molecule has 0 aliphatic heterocycles. The van der Waals surface area contributed by atoms with E-state index in [0.29, 0.717) is 13.4 Å². The second-order valence-corrected chi connectivity index (χ2v) is 8.14. The van der Waals surface area contributed by atoms with Gasteiger partial charge in [-0.3, -0.25) is 0 Å². The van der Waals surface area contributed by atoms with Crippen LogP contribution in [0.4, 0.5) is 0 Å². The van der Waals surface area contributed by atoms with Crippen LogP contribution in [-0.4, -0.2) is 32.9 Å². The van der Waals surface area contributed by atoms with Gasteiger partial charge in [0.1, 0.15) is 0 Å². The molecule has 4 heteroatoms. The van der Waals surface area contributed by atoms with Gasteiger partial charge in [0.25, 0.3) is 0 Å². The third-order valence-electron chi connectivity index (χ3n) is 5.22. The maximum Gasteiger partial charge on any atom is 0.188 e. The number of hydrogen-bond acceptors (Lipinski definition) is 4. The van der Waals surface area contributed by atoms with E-state index < -0.39 is 0 Å². The van der Waals surface area contributed by atoms with Gasteiger partial charge in [0, 0.05) is 26.2 Å². The molecule has 0 fully saturated rings. The summed E-state index contributed by atoms with van der Waals surface area (Å²) in [6.45, 7) is 9.10. The zero-order chi connectivity index (χ0) is 22.0. The molecule has 0 aromatic rings. The largest absolute Gasteiger partial charge is 0.475 e. The summed E-state index contributed by atoms with van der Waals surface area (Å²) in [4.78, 5) is 0. The van der Waals surface area contributed by atoms with Crippen LogP contribution in [0.2, 0.25) is 0 Å². The Hall–Kier alpha value is -0.580. The van der Waals surface area contributed by atoms with Gasteiger partial charge in [0.15, 0.2) is 13.1 Å². The first-order valence-corrected chi connectivity index (χ1v) is 12.9. The lowest BCUT2D eigenvalue weighted by Gasteiger charge is -2.18. The van der Waals surface area contributed by atoms with Gasteiger partial charge in [0.05, 0.1) is 6.26 Å². The van der Waals surface area contributed by atoms with Gasteiger partial charge in [-0.15, -0.1) is 0 Å². The minimum absolute atomic E-state index is 0.0956. The average Bonchev–Trinajstić information content (AvgIpc) is 2.76. The monoisotopic (exact) mass is 428 g/mol. The number of unbranched alkanes of at least 4 members (excludes halogenated alkanes) is 12. The lowest BCUT2D eigenvalue weighted by atomic mass is 10.1. The van der Waals surface area contributed by atoms with Crippen LogP contribution in [0.15, 0.2) is 12.3 Å². The standard InChI is InChI=1S/C26H52O4/c1-4-7-9-11-13-15-18-23-29-26(21-17-20-22-28-25-27-6-3)30-24-19-16-14-12-10-8-5-2/h20,22,26H,4-19,21,23-25H2,1-3H3. The van der Waals surface area contributed by atoms with Gasteiger partial charge in [-0.1, -0.05) is 90.9 Å². The topological polar surface area (TPSA) is 36.9 Å². The summed E-state index contributed by atoms with van der Waals surface area (Å²) in [5.74, 6) is 0. The number of allylic oxidation sites excluding steroid dienone is 1. The van der Waals surface area contributed by atoms with Gasteiger partial charge in [-0.05, 0) is 32.3 Å². The summed E-state index contributed by atoms with van der Waals surface area (Å²) < 4.78 is 22.5. The SMILES string of the molecule is CCCCCCCCCOC(CCC=COCOCC)OCCCCCCCCC. The fourth-order valence-electron chi connectivity index (χ4n) is 3.30. The minimum atomic E-state index is -0.0956. The molecule has 0 atom stereocenters. The molecule has 0 rings (SSSR count). The molecule has 0 saturated carbocycles. The summed E-state index contributed by atoms with van der Waals surface area (Å²) in [6, 6.07) is 0. The van der Waals surface area contributed by atoms with E-state index in [1.807, 2.05) is 13.0 Å². The molecule has 0 bridgehead atoms. The molecule has 0 spiro atoms. The Morgan fingerprint density at radius 2 is 1.13 bits per heavy atom. The number of hydrogen-bond donors (Lipinski definition) is 0. The highest BCUT2D eigenvalue weighted by molar-refractivity contribution is 4.73. The molecule has 0 heterocycles. The van der Waals surface area contributed by atoms with Crippen LogP contribution in [0, 0.1) is 0 Å². The summed E-state index contributed by atoms with van der Waals surface area (Å²) in [7, 11) is 0. The molecular formula is C26H52O4. The van der Waals surface area contributed by atoms with Gasteiger partial charge in [-0.25, -0.2) is 0 Å². The normalized spacial score (nSPS) is 11.7. The fraction of sp³-hybridized carbons (Fsp3) is 0.923. The molecule has 0 aromatic carbocycles. The van der Waals surface area contributed by atoms with E-state index in [4.69, 9.17) is 18.9 Å². The lowest BCUT2D eigenvalue weighted by molar-refractivity contribution is -0.146. The molecule has 0 aromatic heterocycles. The van der Waals surface area contributed by atoms with Crippen molar-refractivity contribution in [2.75, 3.05) is 26.6 Å². The van der Waals surface area contributed by atoms with Gasteiger partial charge < -0.3 is 18.9 Å². The number of ether oxygens (including phenoxy) is 4. The minimum Gasteiger partial charge on any atom is -0.475 e. The Morgan fingerprint density at radius 1 is 0.633 bits per heavy atom. The molecule has 180 valence electrons. The second-order valence-electron chi connectivity index (χ2n) is 8.14. The van der Waals surface area contributed by atoms with Crippen LogP contribution < -0.4 is 0 Å². The fourth-order valence-corrected chi connectivity index (χ4v) is 3.30. The van der Waals surface area contributed by atoms with Crippen molar-refractivity contribution in [3.8, 4) is 0 Å². The van der Waals surface area contributed by atoms with E-state index in [1.165, 1.54) is 77.0 Å². The van der Waals surface area contributed by atoms with Crippen molar-refractivity contribution in [3.63, 3.8) is 0 Å². The van der Waals surface area contributed by atoms with E-state index >= 15 is 0 Å². The summed E-state index contributed by atoms with van der Waals surface area (Å²) in [6.07, 6.45) is 23.7. The van der Waals surface area contributed by atoms with E-state index in [0.717, 1.165) is 38.9 Å². The Kier molecular flexibility index (Phi) is 25.9. The molecule has 0 radical (unpaired) electrons. The molecule has 0 unspecified atom stereocenters. The molecule has 0 saturated heterocycles. The lowest BCUT2D eigenvalue weighted by Crippen LogP contribution is -2.18. The van der Waals surface area contributed by atoms with Crippen molar-refractivity contribution in [2.24, 2.45) is 0 Å². The second kappa shape index (κ2) is 26.5. The predicted octanol–water partition coefficient (Wildman–Crippen LogP) is 8.15. The van der Waals surface area contributed by atoms with Crippen LogP contribution in [0.5, 0.6) is 0 Å². The van der Waals surface area contributed by atoms with Crippen LogP contribution >= 0.6 is 0 Å².